The fourth-order valence-corrected chi connectivity index (χ4v) is 4.04. The number of anilines is 1. The summed E-state index contributed by atoms with van der Waals surface area (Å²) in [5.74, 6) is 3.04. The zero-order chi connectivity index (χ0) is 22.1. The molecule has 2 atom stereocenters. The molecule has 33 heavy (non-hydrogen) atoms. The van der Waals surface area contributed by atoms with Crippen molar-refractivity contribution in [2.45, 2.75) is 44.6 Å². The standard InChI is InChI=1S/C23H29N7O2.ClH/c1-15(2)30-12-18(13-30)31-17-5-7-22(24-11-17)32-16-4-6-20-19(10-16)23(26-14-25-20)27-21-8-9-29(3)28-21;/h4-9,11,14-16,18,20H,10,12-13H2,1-3H3,(H,25,26)(H,27,28);1H. The quantitative estimate of drug-likeness (QED) is 0.600. The van der Waals surface area contributed by atoms with E-state index in [-0.39, 0.29) is 30.7 Å². The number of halogens is 1. The number of aliphatic imine (C=N–C) groups is 1. The number of ether oxygens (including phenoxy) is 2. The fraction of sp³-hybridized carbons (Fsp3) is 0.435. The number of hydrogen-bond donors (Lipinski definition) is 2. The summed E-state index contributed by atoms with van der Waals surface area (Å²) in [6.45, 7) is 6.33. The molecule has 176 valence electrons. The average Bonchev–Trinajstić information content (AvgIpc) is 3.16. The maximum atomic E-state index is 6.13. The predicted octanol–water partition coefficient (Wildman–Crippen LogP) is 2.74. The van der Waals surface area contributed by atoms with Crippen LogP contribution in [0.4, 0.5) is 5.82 Å². The van der Waals surface area contributed by atoms with E-state index in [9.17, 15) is 0 Å². The van der Waals surface area contributed by atoms with E-state index < -0.39 is 0 Å². The molecule has 0 amide bonds. The molecule has 3 aliphatic rings. The van der Waals surface area contributed by atoms with Gasteiger partial charge in [0.2, 0.25) is 5.88 Å². The molecule has 0 spiro atoms. The second kappa shape index (κ2) is 9.84. The van der Waals surface area contributed by atoms with Gasteiger partial charge in [0.25, 0.3) is 0 Å². The van der Waals surface area contributed by atoms with E-state index in [2.05, 4.69) is 56.6 Å². The first-order valence-corrected chi connectivity index (χ1v) is 11.0. The zero-order valence-electron chi connectivity index (χ0n) is 19.0. The minimum atomic E-state index is -0.123. The number of aromatic nitrogens is 3. The Kier molecular flexibility index (Phi) is 6.90. The minimum Gasteiger partial charge on any atom is -0.486 e. The molecule has 0 saturated carbocycles. The number of nitrogens with zero attached hydrogens (tertiary/aromatic N) is 5. The van der Waals surface area contributed by atoms with Gasteiger partial charge in [-0.2, -0.15) is 5.10 Å². The highest BCUT2D eigenvalue weighted by Gasteiger charge is 2.30. The van der Waals surface area contributed by atoms with Gasteiger partial charge in [-0.1, -0.05) is 6.08 Å². The Labute approximate surface area is 200 Å². The molecular weight excluding hydrogens is 442 g/mol. The molecule has 1 saturated heterocycles. The number of aryl methyl sites for hydroxylation is 1. The fourth-order valence-electron chi connectivity index (χ4n) is 4.04. The Hall–Kier alpha value is -3.04. The number of hydrogen-bond acceptors (Lipinski definition) is 8. The van der Waals surface area contributed by atoms with E-state index in [0.29, 0.717) is 18.3 Å². The third-order valence-corrected chi connectivity index (χ3v) is 5.91. The van der Waals surface area contributed by atoms with Gasteiger partial charge < -0.3 is 20.1 Å². The largest absolute Gasteiger partial charge is 0.486 e. The Morgan fingerprint density at radius 1 is 1.15 bits per heavy atom. The summed E-state index contributed by atoms with van der Waals surface area (Å²) in [6, 6.07) is 6.29. The normalized spacial score (nSPS) is 22.3. The first-order valence-electron chi connectivity index (χ1n) is 11.0. The number of likely N-dealkylation sites (tertiary alicyclic amines) is 1. The van der Waals surface area contributed by atoms with Crippen molar-refractivity contribution in [1.29, 1.82) is 0 Å². The topological polar surface area (TPSA) is 88.8 Å². The molecule has 0 radical (unpaired) electrons. The maximum Gasteiger partial charge on any atom is 0.214 e. The third kappa shape index (κ3) is 5.31. The van der Waals surface area contributed by atoms with Crippen LogP contribution >= 0.6 is 12.4 Å². The van der Waals surface area contributed by atoms with Gasteiger partial charge >= 0.3 is 0 Å². The summed E-state index contributed by atoms with van der Waals surface area (Å²) in [5, 5.41) is 11.0. The van der Waals surface area contributed by atoms with Gasteiger partial charge in [-0.3, -0.25) is 14.6 Å². The number of rotatable bonds is 7. The van der Waals surface area contributed by atoms with Crippen LogP contribution in [-0.4, -0.2) is 63.4 Å². The van der Waals surface area contributed by atoms with E-state index in [1.54, 1.807) is 17.2 Å². The molecule has 10 heteroatoms. The monoisotopic (exact) mass is 471 g/mol. The molecule has 9 nitrogen and oxygen atoms in total. The van der Waals surface area contributed by atoms with Crippen LogP contribution in [0.25, 0.3) is 0 Å². The predicted molar refractivity (Wildman–Crippen MR) is 130 cm³/mol. The van der Waals surface area contributed by atoms with Crippen LogP contribution in [0.5, 0.6) is 11.6 Å². The average molecular weight is 472 g/mol. The summed E-state index contributed by atoms with van der Waals surface area (Å²) in [5.41, 5.74) is 1.13. The smallest absolute Gasteiger partial charge is 0.214 e. The van der Waals surface area contributed by atoms with E-state index in [0.717, 1.165) is 36.1 Å². The van der Waals surface area contributed by atoms with E-state index in [1.807, 2.05) is 31.4 Å². The van der Waals surface area contributed by atoms with E-state index in [1.165, 1.54) is 0 Å². The van der Waals surface area contributed by atoms with E-state index in [4.69, 9.17) is 9.47 Å². The third-order valence-electron chi connectivity index (χ3n) is 5.91. The lowest BCUT2D eigenvalue weighted by molar-refractivity contribution is -0.0000997. The molecular formula is C23H30ClN7O2. The highest BCUT2D eigenvalue weighted by atomic mass is 35.5. The maximum absolute atomic E-state index is 6.13. The van der Waals surface area contributed by atoms with Crippen LogP contribution in [0.2, 0.25) is 0 Å². The van der Waals surface area contributed by atoms with Crippen molar-refractivity contribution >= 4 is 24.6 Å². The SMILES string of the molecule is CC(C)N1CC(Oc2ccc(OC3C=CC4N=CNC(Nc5ccn(C)n5)=C4C3)nc2)C1.Cl. The van der Waals surface area contributed by atoms with Crippen molar-refractivity contribution in [2.24, 2.45) is 12.0 Å². The highest BCUT2D eigenvalue weighted by Crippen LogP contribution is 2.28. The van der Waals surface area contributed by atoms with Gasteiger partial charge in [0.15, 0.2) is 5.82 Å². The van der Waals surface area contributed by atoms with Crippen LogP contribution in [0.3, 0.4) is 0 Å². The second-order valence-electron chi connectivity index (χ2n) is 8.63. The summed E-state index contributed by atoms with van der Waals surface area (Å²) in [7, 11) is 1.89. The van der Waals surface area contributed by atoms with Crippen LogP contribution in [-0.2, 0) is 7.05 Å². The van der Waals surface area contributed by atoms with Crippen LogP contribution in [0.1, 0.15) is 20.3 Å². The Morgan fingerprint density at radius 3 is 2.70 bits per heavy atom. The van der Waals surface area contributed by atoms with Crippen molar-refractivity contribution < 1.29 is 9.47 Å². The summed E-state index contributed by atoms with van der Waals surface area (Å²) >= 11 is 0. The number of pyridine rings is 1. The molecule has 0 aromatic carbocycles. The molecule has 0 bridgehead atoms. The Balaban J connectivity index is 0.00000259. The molecule has 1 aliphatic carbocycles. The molecule has 2 aliphatic heterocycles. The second-order valence-corrected chi connectivity index (χ2v) is 8.63. The highest BCUT2D eigenvalue weighted by molar-refractivity contribution is 5.85. The summed E-state index contributed by atoms with van der Waals surface area (Å²) in [6.07, 6.45) is 10.3. The molecule has 4 heterocycles. The van der Waals surface area contributed by atoms with Gasteiger partial charge in [0.05, 0.1) is 18.6 Å². The molecule has 2 aromatic rings. The first kappa shape index (κ1) is 23.1. The van der Waals surface area contributed by atoms with Gasteiger partial charge in [0.1, 0.15) is 23.8 Å². The molecule has 2 aromatic heterocycles. The molecule has 2 unspecified atom stereocenters. The van der Waals surface area contributed by atoms with Gasteiger partial charge in [-0.15, -0.1) is 12.4 Å². The first-order chi connectivity index (χ1) is 15.5. The van der Waals surface area contributed by atoms with Crippen molar-refractivity contribution in [3.05, 3.63) is 54.1 Å². The van der Waals surface area contributed by atoms with Crippen LogP contribution in [0, 0.1) is 0 Å². The number of nitrogens with one attached hydrogen (secondary N) is 2. The van der Waals surface area contributed by atoms with Crippen LogP contribution in [0.15, 0.2) is 59.1 Å². The lowest BCUT2D eigenvalue weighted by atomic mass is 9.93. The van der Waals surface area contributed by atoms with Crippen molar-refractivity contribution in [3.63, 3.8) is 0 Å². The minimum absolute atomic E-state index is 0. The summed E-state index contributed by atoms with van der Waals surface area (Å²) < 4.78 is 13.9. The molecule has 1 fully saturated rings. The van der Waals surface area contributed by atoms with Crippen molar-refractivity contribution in [1.82, 2.24) is 25.0 Å². The number of fused-ring (bicyclic) bond motifs is 1. The van der Waals surface area contributed by atoms with Gasteiger partial charge in [0, 0.05) is 56.5 Å². The lowest BCUT2D eigenvalue weighted by Gasteiger charge is -2.41. The van der Waals surface area contributed by atoms with Crippen molar-refractivity contribution in [3.8, 4) is 11.6 Å². The van der Waals surface area contributed by atoms with Crippen LogP contribution < -0.4 is 20.1 Å². The Morgan fingerprint density at radius 2 is 2.00 bits per heavy atom. The van der Waals surface area contributed by atoms with Gasteiger partial charge in [-0.25, -0.2) is 4.98 Å². The zero-order valence-corrected chi connectivity index (χ0v) is 19.8. The molecule has 5 rings (SSSR count). The van der Waals surface area contributed by atoms with Gasteiger partial charge in [-0.05, 0) is 26.0 Å². The Bertz CT molecular complexity index is 1040. The van der Waals surface area contributed by atoms with Crippen molar-refractivity contribution in [2.75, 3.05) is 18.4 Å². The summed E-state index contributed by atoms with van der Waals surface area (Å²) in [4.78, 5) is 11.4. The molecule has 2 N–H and O–H groups in total. The van der Waals surface area contributed by atoms with E-state index >= 15 is 0 Å². The lowest BCUT2D eigenvalue weighted by Crippen LogP contribution is -2.56.